The second kappa shape index (κ2) is 13.1. The molecule has 0 atom stereocenters. The van der Waals surface area contributed by atoms with Gasteiger partial charge in [0.15, 0.2) is 11.5 Å². The zero-order valence-corrected chi connectivity index (χ0v) is 21.6. The maximum Gasteiger partial charge on any atom is 0.271 e. The number of halogens is 1. The molecular formula is C29H24ClN3O6. The molecule has 39 heavy (non-hydrogen) atoms. The Morgan fingerprint density at radius 1 is 0.897 bits per heavy atom. The second-order valence-corrected chi connectivity index (χ2v) is 8.67. The lowest BCUT2D eigenvalue weighted by atomic mass is 10.2. The summed E-state index contributed by atoms with van der Waals surface area (Å²) in [6, 6.07) is 25.6. The van der Waals surface area contributed by atoms with E-state index in [-0.39, 0.29) is 12.3 Å². The van der Waals surface area contributed by atoms with E-state index in [1.54, 1.807) is 48.5 Å². The monoisotopic (exact) mass is 545 g/mol. The molecule has 1 amide bonds. The summed E-state index contributed by atoms with van der Waals surface area (Å²) in [5.41, 5.74) is 5.10. The highest BCUT2D eigenvalue weighted by molar-refractivity contribution is 6.30. The maximum absolute atomic E-state index is 12.7. The van der Waals surface area contributed by atoms with E-state index in [4.69, 9.17) is 25.8 Å². The number of carbonyl (C=O) groups excluding carboxylic acids is 1. The van der Waals surface area contributed by atoms with E-state index in [1.165, 1.54) is 25.5 Å². The molecule has 4 aromatic carbocycles. The molecule has 4 rings (SSSR count). The smallest absolute Gasteiger partial charge is 0.271 e. The van der Waals surface area contributed by atoms with Crippen molar-refractivity contribution in [3.05, 3.63) is 128 Å². The summed E-state index contributed by atoms with van der Waals surface area (Å²) in [7, 11) is 1.50. The molecule has 0 heterocycles. The fourth-order valence-corrected chi connectivity index (χ4v) is 3.70. The van der Waals surface area contributed by atoms with Crippen LogP contribution in [0.4, 0.5) is 5.69 Å². The summed E-state index contributed by atoms with van der Waals surface area (Å²) in [5.74, 6) is 0.946. The summed E-state index contributed by atoms with van der Waals surface area (Å²) in [6.45, 7) is 0.534. The molecule has 0 aliphatic carbocycles. The number of methoxy groups -OCH3 is 1. The molecule has 4 aromatic rings. The van der Waals surface area contributed by atoms with Crippen molar-refractivity contribution in [2.24, 2.45) is 5.10 Å². The number of non-ortho nitro benzene ring substituents is 1. The predicted molar refractivity (Wildman–Crippen MR) is 148 cm³/mol. The minimum absolute atomic E-state index is 0.000719. The summed E-state index contributed by atoms with van der Waals surface area (Å²) in [5, 5.41) is 15.3. The van der Waals surface area contributed by atoms with Gasteiger partial charge in [-0.25, -0.2) is 5.43 Å². The van der Waals surface area contributed by atoms with Gasteiger partial charge in [-0.1, -0.05) is 41.9 Å². The molecule has 10 heteroatoms. The summed E-state index contributed by atoms with van der Waals surface area (Å²) < 4.78 is 17.1. The predicted octanol–water partition coefficient (Wildman–Crippen LogP) is 6.18. The number of nitrogens with zero attached hydrogens (tertiary/aromatic N) is 2. The van der Waals surface area contributed by atoms with E-state index in [0.717, 1.165) is 11.1 Å². The fourth-order valence-electron chi connectivity index (χ4n) is 3.52. The molecule has 0 radical (unpaired) electrons. The van der Waals surface area contributed by atoms with E-state index in [0.29, 0.717) is 40.0 Å². The fraction of sp³-hybridized carbons (Fsp3) is 0.103. The van der Waals surface area contributed by atoms with Crippen LogP contribution in [0.2, 0.25) is 5.02 Å². The number of nitrogens with one attached hydrogen (secondary N) is 1. The maximum atomic E-state index is 12.7. The molecular weight excluding hydrogens is 522 g/mol. The highest BCUT2D eigenvalue weighted by Gasteiger charge is 2.12. The van der Waals surface area contributed by atoms with Gasteiger partial charge >= 0.3 is 0 Å². The van der Waals surface area contributed by atoms with Crippen molar-refractivity contribution < 1.29 is 23.9 Å². The van der Waals surface area contributed by atoms with Crippen LogP contribution in [0.1, 0.15) is 27.0 Å². The Kier molecular flexibility index (Phi) is 9.10. The van der Waals surface area contributed by atoms with Gasteiger partial charge in [-0.2, -0.15) is 5.10 Å². The topological polar surface area (TPSA) is 112 Å². The average molecular weight is 546 g/mol. The van der Waals surface area contributed by atoms with Crippen molar-refractivity contribution in [2.45, 2.75) is 13.2 Å². The lowest BCUT2D eigenvalue weighted by Gasteiger charge is -2.12. The second-order valence-electron chi connectivity index (χ2n) is 8.23. The van der Waals surface area contributed by atoms with Crippen LogP contribution in [0.3, 0.4) is 0 Å². The molecule has 1 N–H and O–H groups in total. The zero-order chi connectivity index (χ0) is 27.6. The lowest BCUT2D eigenvalue weighted by molar-refractivity contribution is -0.384. The van der Waals surface area contributed by atoms with Crippen LogP contribution in [-0.2, 0) is 13.2 Å². The van der Waals surface area contributed by atoms with E-state index in [2.05, 4.69) is 10.5 Å². The van der Waals surface area contributed by atoms with Crippen LogP contribution >= 0.6 is 11.6 Å². The first-order valence-electron chi connectivity index (χ1n) is 11.8. The summed E-state index contributed by atoms with van der Waals surface area (Å²) >= 11 is 6.14. The van der Waals surface area contributed by atoms with Gasteiger partial charge in [0.05, 0.1) is 18.2 Å². The molecule has 0 aliphatic rings. The van der Waals surface area contributed by atoms with Gasteiger partial charge in [-0.15, -0.1) is 0 Å². The molecule has 0 unspecified atom stereocenters. The molecule has 0 saturated carbocycles. The Hall–Kier alpha value is -4.89. The Balaban J connectivity index is 1.39. The molecule has 0 spiro atoms. The average Bonchev–Trinajstić information content (AvgIpc) is 2.96. The number of nitro benzene ring substituents is 1. The highest BCUT2D eigenvalue weighted by Crippen LogP contribution is 2.29. The van der Waals surface area contributed by atoms with Crippen LogP contribution in [-0.4, -0.2) is 24.2 Å². The summed E-state index contributed by atoms with van der Waals surface area (Å²) in [6.07, 6.45) is 1.42. The van der Waals surface area contributed by atoms with Crippen LogP contribution in [0.5, 0.6) is 17.2 Å². The largest absolute Gasteiger partial charge is 0.493 e. The Bertz CT molecular complexity index is 1480. The zero-order valence-electron chi connectivity index (χ0n) is 20.9. The van der Waals surface area contributed by atoms with E-state index in [1.807, 2.05) is 30.3 Å². The number of nitro groups is 1. The standard InChI is InChI=1S/C29H24ClN3O6/c1-37-28-16-22(9-13-27(28)39-18-20-5-3-2-4-6-20)29(34)32-31-17-23-15-24(30)10-14-26(23)38-19-21-7-11-25(12-8-21)33(35)36/h2-17H,18-19H2,1H3,(H,32,34)/b31-17+. The van der Waals surface area contributed by atoms with Crippen LogP contribution in [0.15, 0.2) is 96.1 Å². The van der Waals surface area contributed by atoms with Crippen molar-refractivity contribution in [1.29, 1.82) is 0 Å². The molecule has 0 fully saturated rings. The first-order valence-corrected chi connectivity index (χ1v) is 12.1. The molecule has 0 saturated heterocycles. The number of rotatable bonds is 11. The van der Waals surface area contributed by atoms with Gasteiger partial charge < -0.3 is 14.2 Å². The number of amides is 1. The summed E-state index contributed by atoms with van der Waals surface area (Å²) in [4.78, 5) is 23.1. The van der Waals surface area contributed by atoms with Gasteiger partial charge in [0.2, 0.25) is 0 Å². The number of hydrogen-bond donors (Lipinski definition) is 1. The van der Waals surface area contributed by atoms with Gasteiger partial charge in [0.25, 0.3) is 11.6 Å². The van der Waals surface area contributed by atoms with Crippen LogP contribution in [0.25, 0.3) is 0 Å². The molecule has 0 aliphatic heterocycles. The Morgan fingerprint density at radius 2 is 1.56 bits per heavy atom. The van der Waals surface area contributed by atoms with Crippen LogP contribution < -0.4 is 19.6 Å². The number of hydrogen-bond acceptors (Lipinski definition) is 7. The van der Waals surface area contributed by atoms with Gasteiger partial charge in [-0.3, -0.25) is 14.9 Å². The van der Waals surface area contributed by atoms with Gasteiger partial charge in [0, 0.05) is 28.3 Å². The normalized spacial score (nSPS) is 10.7. The Labute approximate surface area is 229 Å². The first-order chi connectivity index (χ1) is 18.9. The van der Waals surface area contributed by atoms with Gasteiger partial charge in [0.1, 0.15) is 19.0 Å². The number of hydrazone groups is 1. The van der Waals surface area contributed by atoms with Crippen molar-refractivity contribution in [3.63, 3.8) is 0 Å². The third-order valence-corrected chi connectivity index (χ3v) is 5.78. The Morgan fingerprint density at radius 3 is 2.26 bits per heavy atom. The van der Waals surface area contributed by atoms with E-state index >= 15 is 0 Å². The van der Waals surface area contributed by atoms with Crippen molar-refractivity contribution >= 4 is 29.4 Å². The van der Waals surface area contributed by atoms with Crippen LogP contribution in [0, 0.1) is 10.1 Å². The first kappa shape index (κ1) is 27.2. The third-order valence-electron chi connectivity index (χ3n) is 5.55. The van der Waals surface area contributed by atoms with E-state index in [9.17, 15) is 14.9 Å². The molecule has 198 valence electrons. The lowest BCUT2D eigenvalue weighted by Crippen LogP contribution is -2.17. The van der Waals surface area contributed by atoms with Crippen molar-refractivity contribution in [3.8, 4) is 17.2 Å². The highest BCUT2D eigenvalue weighted by atomic mass is 35.5. The number of ether oxygens (including phenoxy) is 3. The van der Waals surface area contributed by atoms with Crippen molar-refractivity contribution in [1.82, 2.24) is 5.43 Å². The minimum Gasteiger partial charge on any atom is -0.493 e. The third kappa shape index (κ3) is 7.56. The SMILES string of the molecule is COc1cc(C(=O)N/N=C/c2cc(Cl)ccc2OCc2ccc([N+](=O)[O-])cc2)ccc1OCc1ccccc1. The quantitative estimate of drug-likeness (QED) is 0.137. The van der Waals surface area contributed by atoms with Gasteiger partial charge in [-0.05, 0) is 59.7 Å². The number of carbonyl (C=O) groups is 1. The minimum atomic E-state index is -0.461. The molecule has 0 bridgehead atoms. The molecule has 0 aromatic heterocycles. The van der Waals surface area contributed by atoms with Crippen molar-refractivity contribution in [2.75, 3.05) is 7.11 Å². The van der Waals surface area contributed by atoms with E-state index < -0.39 is 10.8 Å². The molecule has 9 nitrogen and oxygen atoms in total. The number of benzene rings is 4.